The Balaban J connectivity index is 1.50. The Bertz CT molecular complexity index is 386. The summed E-state index contributed by atoms with van der Waals surface area (Å²) in [6.45, 7) is 0. The molecule has 2 aliphatic rings. The number of fused-ring (bicyclic) bond motifs is 1. The topological polar surface area (TPSA) is 20.2 Å². The summed E-state index contributed by atoms with van der Waals surface area (Å²) in [5.41, 5.74) is 1.54. The average molecular weight is 248 g/mol. The highest BCUT2D eigenvalue weighted by Crippen LogP contribution is 2.42. The van der Waals surface area contributed by atoms with Crippen molar-refractivity contribution in [3.05, 3.63) is 29.8 Å². The molecular formula is C15H20OS. The van der Waals surface area contributed by atoms with E-state index in [4.69, 9.17) is 0 Å². The first kappa shape index (κ1) is 11.6. The summed E-state index contributed by atoms with van der Waals surface area (Å²) in [5, 5.41) is 9.85. The second-order valence-electron chi connectivity index (χ2n) is 5.38. The van der Waals surface area contributed by atoms with Crippen LogP contribution in [0.3, 0.4) is 0 Å². The molecule has 2 atom stereocenters. The zero-order valence-electron chi connectivity index (χ0n) is 10.1. The van der Waals surface area contributed by atoms with E-state index in [0.29, 0.717) is 5.92 Å². The minimum atomic E-state index is -0.0145. The minimum absolute atomic E-state index is 0.0145. The van der Waals surface area contributed by atoms with Crippen LogP contribution in [-0.4, -0.2) is 17.0 Å². The Morgan fingerprint density at radius 1 is 1.29 bits per heavy atom. The van der Waals surface area contributed by atoms with Gasteiger partial charge in [0.1, 0.15) is 0 Å². The number of hydrogen-bond donors (Lipinski definition) is 1. The van der Waals surface area contributed by atoms with Crippen molar-refractivity contribution in [2.75, 3.05) is 5.75 Å². The van der Waals surface area contributed by atoms with Crippen molar-refractivity contribution in [3.63, 3.8) is 0 Å². The second-order valence-corrected chi connectivity index (χ2v) is 6.44. The molecule has 1 aromatic rings. The van der Waals surface area contributed by atoms with Gasteiger partial charge in [0.05, 0.1) is 6.10 Å². The maximum atomic E-state index is 9.85. The predicted octanol–water partition coefficient (Wildman–Crippen LogP) is 3.82. The Kier molecular flexibility index (Phi) is 3.44. The minimum Gasteiger partial charge on any atom is -0.393 e. The highest BCUT2D eigenvalue weighted by Gasteiger charge is 2.29. The predicted molar refractivity (Wildman–Crippen MR) is 72.5 cm³/mol. The third kappa shape index (κ3) is 2.69. The van der Waals surface area contributed by atoms with E-state index < -0.39 is 0 Å². The van der Waals surface area contributed by atoms with Crippen molar-refractivity contribution in [2.24, 2.45) is 5.92 Å². The standard InChI is InChI=1S/C15H20OS/c16-14(11-8-9-11)6-3-4-12-10-17-15-7-2-1-5-13(12)15/h1-2,5,7,11-12,14,16H,3-4,6,8-10H2. The molecule has 1 N–H and O–H groups in total. The molecule has 92 valence electrons. The maximum Gasteiger partial charge on any atom is 0.0568 e. The van der Waals surface area contributed by atoms with Gasteiger partial charge in [-0.3, -0.25) is 0 Å². The van der Waals surface area contributed by atoms with Crippen LogP contribution in [0.15, 0.2) is 29.2 Å². The van der Waals surface area contributed by atoms with Crippen LogP contribution in [0.1, 0.15) is 43.6 Å². The molecule has 0 radical (unpaired) electrons. The molecule has 0 amide bonds. The number of benzene rings is 1. The van der Waals surface area contributed by atoms with Crippen molar-refractivity contribution in [2.45, 2.75) is 49.0 Å². The molecule has 1 aliphatic heterocycles. The van der Waals surface area contributed by atoms with E-state index in [1.54, 1.807) is 5.56 Å². The van der Waals surface area contributed by atoms with E-state index in [2.05, 4.69) is 24.3 Å². The zero-order valence-corrected chi connectivity index (χ0v) is 11.0. The Morgan fingerprint density at radius 3 is 2.94 bits per heavy atom. The van der Waals surface area contributed by atoms with Crippen LogP contribution >= 0.6 is 11.8 Å². The van der Waals surface area contributed by atoms with Gasteiger partial charge in [-0.15, -0.1) is 11.8 Å². The lowest BCUT2D eigenvalue weighted by Crippen LogP contribution is -2.09. The molecule has 2 heteroatoms. The first-order valence-corrected chi connectivity index (χ1v) is 7.73. The van der Waals surface area contributed by atoms with Gasteiger partial charge in [0.2, 0.25) is 0 Å². The molecule has 0 bridgehead atoms. The van der Waals surface area contributed by atoms with Crippen LogP contribution in [0.4, 0.5) is 0 Å². The van der Waals surface area contributed by atoms with E-state index in [-0.39, 0.29) is 6.10 Å². The Hall–Kier alpha value is -0.470. The number of aliphatic hydroxyl groups excluding tert-OH is 1. The molecule has 17 heavy (non-hydrogen) atoms. The average Bonchev–Trinajstić information content (AvgIpc) is 3.12. The Labute approximate surface area is 108 Å². The lowest BCUT2D eigenvalue weighted by Gasteiger charge is -2.12. The van der Waals surface area contributed by atoms with Gasteiger partial charge in [-0.1, -0.05) is 24.6 Å². The van der Waals surface area contributed by atoms with Gasteiger partial charge in [-0.25, -0.2) is 0 Å². The molecule has 1 fully saturated rings. The van der Waals surface area contributed by atoms with E-state index >= 15 is 0 Å². The third-order valence-electron chi connectivity index (χ3n) is 4.02. The molecular weight excluding hydrogens is 228 g/mol. The summed E-state index contributed by atoms with van der Waals surface area (Å²) in [6, 6.07) is 8.79. The van der Waals surface area contributed by atoms with E-state index in [1.165, 1.54) is 36.3 Å². The molecule has 1 heterocycles. The first-order chi connectivity index (χ1) is 8.34. The zero-order chi connectivity index (χ0) is 11.7. The van der Waals surface area contributed by atoms with Crippen molar-refractivity contribution < 1.29 is 5.11 Å². The van der Waals surface area contributed by atoms with Crippen LogP contribution in [-0.2, 0) is 0 Å². The van der Waals surface area contributed by atoms with E-state index in [9.17, 15) is 5.11 Å². The molecule has 0 saturated heterocycles. The second kappa shape index (κ2) is 5.03. The van der Waals surface area contributed by atoms with Crippen molar-refractivity contribution >= 4 is 11.8 Å². The molecule has 1 aliphatic carbocycles. The van der Waals surface area contributed by atoms with Gasteiger partial charge >= 0.3 is 0 Å². The summed E-state index contributed by atoms with van der Waals surface area (Å²) in [4.78, 5) is 1.47. The summed E-state index contributed by atoms with van der Waals surface area (Å²) in [6.07, 6.45) is 5.92. The van der Waals surface area contributed by atoms with Gasteiger partial charge in [-0.2, -0.15) is 0 Å². The molecule has 1 nitrogen and oxygen atoms in total. The van der Waals surface area contributed by atoms with Gasteiger partial charge in [0.25, 0.3) is 0 Å². The summed E-state index contributed by atoms with van der Waals surface area (Å²) in [7, 11) is 0. The SMILES string of the molecule is OC(CCCC1CSc2ccccc21)C1CC1. The fourth-order valence-electron chi connectivity index (χ4n) is 2.76. The summed E-state index contributed by atoms with van der Waals surface area (Å²) < 4.78 is 0. The quantitative estimate of drug-likeness (QED) is 0.855. The third-order valence-corrected chi connectivity index (χ3v) is 5.27. The van der Waals surface area contributed by atoms with Gasteiger partial charge in [0.15, 0.2) is 0 Å². The number of thioether (sulfide) groups is 1. The monoisotopic (exact) mass is 248 g/mol. The van der Waals surface area contributed by atoms with Crippen molar-refractivity contribution in [1.82, 2.24) is 0 Å². The largest absolute Gasteiger partial charge is 0.393 e. The van der Waals surface area contributed by atoms with Crippen LogP contribution in [0, 0.1) is 5.92 Å². The van der Waals surface area contributed by atoms with E-state index in [0.717, 1.165) is 12.3 Å². The number of aliphatic hydroxyl groups is 1. The highest BCUT2D eigenvalue weighted by molar-refractivity contribution is 7.99. The van der Waals surface area contributed by atoms with Gasteiger partial charge in [-0.05, 0) is 49.1 Å². The maximum absolute atomic E-state index is 9.85. The molecule has 0 aromatic heterocycles. The molecule has 1 aromatic carbocycles. The first-order valence-electron chi connectivity index (χ1n) is 6.74. The Morgan fingerprint density at radius 2 is 2.12 bits per heavy atom. The van der Waals surface area contributed by atoms with Gasteiger partial charge < -0.3 is 5.11 Å². The smallest absolute Gasteiger partial charge is 0.0568 e. The van der Waals surface area contributed by atoms with Crippen molar-refractivity contribution in [3.8, 4) is 0 Å². The lowest BCUT2D eigenvalue weighted by atomic mass is 9.94. The van der Waals surface area contributed by atoms with Crippen LogP contribution in [0.25, 0.3) is 0 Å². The molecule has 1 saturated carbocycles. The van der Waals surface area contributed by atoms with Crippen LogP contribution in [0.5, 0.6) is 0 Å². The van der Waals surface area contributed by atoms with E-state index in [1.807, 2.05) is 11.8 Å². The molecule has 3 rings (SSSR count). The lowest BCUT2D eigenvalue weighted by molar-refractivity contribution is 0.137. The summed E-state index contributed by atoms with van der Waals surface area (Å²) >= 11 is 1.99. The molecule has 2 unspecified atom stereocenters. The van der Waals surface area contributed by atoms with Gasteiger partial charge in [0, 0.05) is 10.6 Å². The highest BCUT2D eigenvalue weighted by atomic mass is 32.2. The molecule has 0 spiro atoms. The number of hydrogen-bond acceptors (Lipinski definition) is 2. The van der Waals surface area contributed by atoms with Crippen molar-refractivity contribution in [1.29, 1.82) is 0 Å². The summed E-state index contributed by atoms with van der Waals surface area (Å²) in [5.74, 6) is 2.60. The van der Waals surface area contributed by atoms with Crippen LogP contribution in [0.2, 0.25) is 0 Å². The fraction of sp³-hybridized carbons (Fsp3) is 0.600. The fourth-order valence-corrected chi connectivity index (χ4v) is 4.06. The van der Waals surface area contributed by atoms with Crippen LogP contribution < -0.4 is 0 Å². The number of rotatable bonds is 5. The normalized spacial score (nSPS) is 24.6.